The first-order valence-corrected chi connectivity index (χ1v) is 16.0. The van der Waals surface area contributed by atoms with Crippen LogP contribution in [-0.2, 0) is 29.9 Å². The van der Waals surface area contributed by atoms with Gasteiger partial charge in [0.1, 0.15) is 11.6 Å². The van der Waals surface area contributed by atoms with E-state index in [1.54, 1.807) is 43.5 Å². The third-order valence-electron chi connectivity index (χ3n) is 7.43. The third kappa shape index (κ3) is 8.59. The molecule has 41 heavy (non-hydrogen) atoms. The molecule has 2 heterocycles. The van der Waals surface area contributed by atoms with Crippen molar-refractivity contribution < 1.29 is 32.2 Å². The molecule has 1 saturated heterocycles. The van der Waals surface area contributed by atoms with Gasteiger partial charge in [-0.2, -0.15) is 0 Å². The number of aromatic nitrogens is 1. The number of methoxy groups -OCH3 is 1. The van der Waals surface area contributed by atoms with Gasteiger partial charge in [0.2, 0.25) is 11.8 Å². The molecule has 1 aliphatic heterocycles. The van der Waals surface area contributed by atoms with E-state index in [-0.39, 0.29) is 23.4 Å². The molecule has 0 spiro atoms. The van der Waals surface area contributed by atoms with Crippen molar-refractivity contribution in [2.75, 3.05) is 39.2 Å². The number of carbonyl (C=O) groups excluding carboxylic acids is 1. The number of aliphatic hydroxyl groups excluding tert-OH is 1. The first kappa shape index (κ1) is 31.1. The highest BCUT2D eigenvalue weighted by molar-refractivity contribution is 7.90. The molecule has 2 aromatic carbocycles. The molecule has 1 unspecified atom stereocenters. The number of ether oxygens (including phenoxy) is 2. The summed E-state index contributed by atoms with van der Waals surface area (Å²) in [5.74, 6) is -0.892. The van der Waals surface area contributed by atoms with E-state index < -0.39 is 33.9 Å². The molecule has 11 heteroatoms. The van der Waals surface area contributed by atoms with E-state index in [0.29, 0.717) is 68.7 Å². The normalized spacial score (nSPS) is 17.0. The van der Waals surface area contributed by atoms with Crippen LogP contribution in [-0.4, -0.2) is 86.7 Å². The van der Waals surface area contributed by atoms with E-state index in [1.165, 1.54) is 0 Å². The van der Waals surface area contributed by atoms with Gasteiger partial charge in [0.15, 0.2) is 21.5 Å². The van der Waals surface area contributed by atoms with Gasteiger partial charge in [-0.25, -0.2) is 13.4 Å². The summed E-state index contributed by atoms with van der Waals surface area (Å²) in [4.78, 5) is 20.4. The number of aliphatic hydroxyl groups is 1. The molecule has 10 nitrogen and oxygen atoms in total. The van der Waals surface area contributed by atoms with Gasteiger partial charge >= 0.3 is 0 Å². The third-order valence-corrected chi connectivity index (χ3v) is 9.03. The van der Waals surface area contributed by atoms with Crippen molar-refractivity contribution >= 4 is 26.8 Å². The highest BCUT2D eigenvalue weighted by Gasteiger charge is 2.38. The lowest BCUT2D eigenvalue weighted by Gasteiger charge is -2.39. The Hall–Kier alpha value is -2.83. The van der Waals surface area contributed by atoms with Crippen LogP contribution in [0.1, 0.15) is 50.2 Å². The number of nitrogens with one attached hydrogen (secondary N) is 1. The Morgan fingerprint density at radius 1 is 1.15 bits per heavy atom. The summed E-state index contributed by atoms with van der Waals surface area (Å²) in [7, 11) is -2.11. The van der Waals surface area contributed by atoms with Crippen LogP contribution in [0.4, 0.5) is 0 Å². The minimum absolute atomic E-state index is 0.0480. The predicted octanol–water partition coefficient (Wildman–Crippen LogP) is 3.26. The number of amides is 1. The average Bonchev–Trinajstić information content (AvgIpc) is 3.41. The quantitative estimate of drug-likeness (QED) is 0.275. The molecule has 2 N–H and O–H groups in total. The number of carbonyl (C=O) groups is 1. The van der Waals surface area contributed by atoms with Crippen molar-refractivity contribution in [1.82, 2.24) is 15.2 Å². The Balaban J connectivity index is 1.61. The zero-order valence-corrected chi connectivity index (χ0v) is 24.6. The second kappa shape index (κ2) is 14.9. The summed E-state index contributed by atoms with van der Waals surface area (Å²) >= 11 is 0. The minimum atomic E-state index is -3.69. The van der Waals surface area contributed by atoms with E-state index in [1.807, 2.05) is 30.0 Å². The lowest BCUT2D eigenvalue weighted by atomic mass is 10.0. The van der Waals surface area contributed by atoms with Crippen molar-refractivity contribution in [2.45, 2.75) is 62.6 Å². The number of hydrogen-bond acceptors (Lipinski definition) is 9. The van der Waals surface area contributed by atoms with Crippen LogP contribution in [0.5, 0.6) is 0 Å². The summed E-state index contributed by atoms with van der Waals surface area (Å²) in [6, 6.07) is 14.4. The lowest BCUT2D eigenvalue weighted by Crippen LogP contribution is -2.58. The standard InChI is InChI=1S/C30H41N3O7S/c1-3-9-25(28(34)30-32-24-12-7-8-13-27(24)40-30)31-29(35)26(21-41(36,37)20-22-10-5-4-6-11-22)33(16-19-38-2)23-14-17-39-18-15-23/h4-8,10-13,23,25-26,28,34H,3,9,14-21H2,1-2H3,(H,31,35)/t25?,26-,28-/m0/s1. The van der Waals surface area contributed by atoms with E-state index in [2.05, 4.69) is 10.3 Å². The number of oxazole rings is 1. The number of fused-ring (bicyclic) bond motifs is 1. The highest BCUT2D eigenvalue weighted by atomic mass is 32.2. The molecular formula is C30H41N3O7S. The number of sulfone groups is 1. The first-order chi connectivity index (χ1) is 19.8. The Morgan fingerprint density at radius 3 is 2.54 bits per heavy atom. The molecule has 0 radical (unpaired) electrons. The maximum atomic E-state index is 14.1. The second-order valence-electron chi connectivity index (χ2n) is 10.5. The van der Waals surface area contributed by atoms with Crippen molar-refractivity contribution in [3.8, 4) is 0 Å². The molecule has 0 saturated carbocycles. The van der Waals surface area contributed by atoms with Gasteiger partial charge in [0.25, 0.3) is 0 Å². The predicted molar refractivity (Wildman–Crippen MR) is 156 cm³/mol. The van der Waals surface area contributed by atoms with Crippen molar-refractivity contribution in [2.24, 2.45) is 0 Å². The summed E-state index contributed by atoms with van der Waals surface area (Å²) < 4.78 is 43.7. The van der Waals surface area contributed by atoms with Crippen LogP contribution in [0, 0.1) is 0 Å². The molecule has 1 aromatic heterocycles. The van der Waals surface area contributed by atoms with Crippen LogP contribution in [0.3, 0.4) is 0 Å². The van der Waals surface area contributed by atoms with Gasteiger partial charge < -0.3 is 24.3 Å². The summed E-state index contributed by atoms with van der Waals surface area (Å²) in [5, 5.41) is 14.2. The van der Waals surface area contributed by atoms with Crippen LogP contribution in [0.15, 0.2) is 59.0 Å². The van der Waals surface area contributed by atoms with Crippen molar-refractivity contribution in [3.05, 3.63) is 66.1 Å². The molecule has 1 aliphatic rings. The Kier molecular flexibility index (Phi) is 11.3. The first-order valence-electron chi connectivity index (χ1n) is 14.2. The Morgan fingerprint density at radius 2 is 1.85 bits per heavy atom. The van der Waals surface area contributed by atoms with Gasteiger partial charge in [-0.05, 0) is 37.0 Å². The molecule has 0 aliphatic carbocycles. The second-order valence-corrected chi connectivity index (χ2v) is 12.6. The van der Waals surface area contributed by atoms with E-state index >= 15 is 0 Å². The molecule has 4 rings (SSSR count). The van der Waals surface area contributed by atoms with Gasteiger partial charge in [0.05, 0.1) is 24.2 Å². The molecule has 1 amide bonds. The maximum absolute atomic E-state index is 14.1. The Labute approximate surface area is 242 Å². The monoisotopic (exact) mass is 587 g/mol. The topological polar surface area (TPSA) is 131 Å². The maximum Gasteiger partial charge on any atom is 0.238 e. The van der Waals surface area contributed by atoms with Gasteiger partial charge in [-0.1, -0.05) is 55.8 Å². The SMILES string of the molecule is CCCC(NC(=O)[C@H](CS(=O)(=O)Cc1ccccc1)N(CCOC)C1CCOCC1)[C@H](O)c1nc2ccccc2o1. The van der Waals surface area contributed by atoms with E-state index in [4.69, 9.17) is 13.9 Å². The van der Waals surface area contributed by atoms with Crippen LogP contribution < -0.4 is 5.32 Å². The van der Waals surface area contributed by atoms with Crippen molar-refractivity contribution in [1.29, 1.82) is 0 Å². The number of para-hydroxylation sites is 2. The molecule has 0 bridgehead atoms. The fourth-order valence-corrected chi connectivity index (χ4v) is 6.99. The average molecular weight is 588 g/mol. The lowest BCUT2D eigenvalue weighted by molar-refractivity contribution is -0.129. The van der Waals surface area contributed by atoms with Gasteiger partial charge in [-0.15, -0.1) is 0 Å². The van der Waals surface area contributed by atoms with E-state index in [9.17, 15) is 18.3 Å². The number of benzene rings is 2. The van der Waals surface area contributed by atoms with E-state index in [0.717, 1.165) is 0 Å². The summed E-state index contributed by atoms with van der Waals surface area (Å²) in [6.45, 7) is 3.74. The minimum Gasteiger partial charge on any atom is -0.438 e. The van der Waals surface area contributed by atoms with Crippen molar-refractivity contribution in [3.63, 3.8) is 0 Å². The van der Waals surface area contributed by atoms with Crippen LogP contribution in [0.25, 0.3) is 11.1 Å². The number of rotatable bonds is 15. The fraction of sp³-hybridized carbons (Fsp3) is 0.533. The number of nitrogens with zero attached hydrogens (tertiary/aromatic N) is 2. The van der Waals surface area contributed by atoms with Gasteiger partial charge in [-0.3, -0.25) is 9.69 Å². The zero-order chi connectivity index (χ0) is 29.2. The fourth-order valence-electron chi connectivity index (χ4n) is 5.34. The molecule has 1 fully saturated rings. The molecule has 224 valence electrons. The Bertz CT molecular complexity index is 1310. The molecule has 3 aromatic rings. The zero-order valence-electron chi connectivity index (χ0n) is 23.8. The summed E-state index contributed by atoms with van der Waals surface area (Å²) in [5.41, 5.74) is 1.81. The largest absolute Gasteiger partial charge is 0.438 e. The molecule has 3 atom stereocenters. The van der Waals surface area contributed by atoms with Gasteiger partial charge in [0, 0.05) is 32.9 Å². The summed E-state index contributed by atoms with van der Waals surface area (Å²) in [6.07, 6.45) is 1.27. The van der Waals surface area contributed by atoms with Crippen LogP contribution in [0.2, 0.25) is 0 Å². The highest BCUT2D eigenvalue weighted by Crippen LogP contribution is 2.25. The molecular weight excluding hydrogens is 546 g/mol. The number of hydrogen-bond donors (Lipinski definition) is 2. The van der Waals surface area contributed by atoms with Crippen LogP contribution >= 0.6 is 0 Å². The smallest absolute Gasteiger partial charge is 0.238 e.